The van der Waals surface area contributed by atoms with Gasteiger partial charge in [-0.25, -0.2) is 0 Å². The Bertz CT molecular complexity index is 351. The van der Waals surface area contributed by atoms with Crippen LogP contribution in [-0.2, 0) is 19.1 Å². The van der Waals surface area contributed by atoms with E-state index < -0.39 is 27.7 Å². The third-order valence-electron chi connectivity index (χ3n) is 3.40. The minimum atomic E-state index is -1.52. The van der Waals surface area contributed by atoms with E-state index in [2.05, 4.69) is 6.58 Å². The van der Waals surface area contributed by atoms with Crippen LogP contribution < -0.4 is 21.8 Å². The Morgan fingerprint density at radius 1 is 1.15 bits per heavy atom. The molecule has 1 aliphatic carbocycles. The molecule has 116 valence electrons. The summed E-state index contributed by atoms with van der Waals surface area (Å²) in [5, 5.41) is 0. The van der Waals surface area contributed by atoms with Crippen LogP contribution in [0.15, 0.2) is 12.2 Å². The van der Waals surface area contributed by atoms with Crippen molar-refractivity contribution in [2.75, 3.05) is 17.6 Å². The van der Waals surface area contributed by atoms with E-state index >= 15 is 0 Å². The van der Waals surface area contributed by atoms with E-state index in [-0.39, 0.29) is 10.4 Å². The molecule has 0 atom stereocenters. The minimum absolute atomic E-state index is 0.0505. The van der Waals surface area contributed by atoms with E-state index in [0.29, 0.717) is 30.6 Å². The van der Waals surface area contributed by atoms with Crippen molar-refractivity contribution in [3.63, 3.8) is 0 Å². The van der Waals surface area contributed by atoms with E-state index in [0.717, 1.165) is 25.7 Å². The van der Waals surface area contributed by atoms with Crippen LogP contribution in [0.3, 0.4) is 0 Å². The third kappa shape index (κ3) is 6.67. The second-order valence-electron chi connectivity index (χ2n) is 5.18. The SMILES string of the molecule is C=C(C)C(=O)OCC1CCC(COC(=O)C[I-]F)CC1. The van der Waals surface area contributed by atoms with Crippen molar-refractivity contribution in [1.82, 2.24) is 0 Å². The number of esters is 2. The van der Waals surface area contributed by atoms with Crippen molar-refractivity contribution < 1.29 is 43.7 Å². The fraction of sp³-hybridized carbons (Fsp3) is 0.714. The van der Waals surface area contributed by atoms with Gasteiger partial charge in [0.05, 0.1) is 0 Å². The van der Waals surface area contributed by atoms with Crippen molar-refractivity contribution in [3.8, 4) is 0 Å². The number of alkyl halides is 1. The third-order valence-corrected chi connectivity index (χ3v) is 4.32. The molecule has 0 unspecified atom stereocenters. The molecule has 4 nitrogen and oxygen atoms in total. The molecule has 1 saturated carbocycles. The molecule has 0 aliphatic heterocycles. The second-order valence-corrected chi connectivity index (χ2v) is 6.52. The number of hydrogen-bond acceptors (Lipinski definition) is 4. The fourth-order valence-corrected chi connectivity index (χ4v) is 2.63. The van der Waals surface area contributed by atoms with Crippen LogP contribution in [0.2, 0.25) is 0 Å². The van der Waals surface area contributed by atoms with Gasteiger partial charge in [0.15, 0.2) is 0 Å². The van der Waals surface area contributed by atoms with Gasteiger partial charge in [-0.2, -0.15) is 0 Å². The Morgan fingerprint density at radius 3 is 2.10 bits per heavy atom. The molecule has 1 fully saturated rings. The number of carbonyl (C=O) groups excluding carboxylic acids is 2. The molecule has 20 heavy (non-hydrogen) atoms. The van der Waals surface area contributed by atoms with Gasteiger partial charge in [0, 0.05) is 0 Å². The average molecular weight is 399 g/mol. The molecule has 0 heterocycles. The Morgan fingerprint density at radius 2 is 1.65 bits per heavy atom. The molecule has 0 aromatic heterocycles. The van der Waals surface area contributed by atoms with Gasteiger partial charge in [-0.15, -0.1) is 0 Å². The zero-order valence-corrected chi connectivity index (χ0v) is 13.9. The fourth-order valence-electron chi connectivity index (χ4n) is 2.17. The standard InChI is InChI=1S/C14H21FIO4/c1-10(2)14(18)20-9-12-5-3-11(4-6-12)8-19-13(17)7-16-15/h11-12H,1,3-9H2,2H3/q-1. The summed E-state index contributed by atoms with van der Waals surface area (Å²) in [6.45, 7) is 6.00. The molecule has 6 heteroatoms. The summed E-state index contributed by atoms with van der Waals surface area (Å²) in [4.78, 5) is 22.4. The first-order valence-electron chi connectivity index (χ1n) is 6.71. The molecule has 0 aromatic carbocycles. The first kappa shape index (κ1) is 17.4. The average Bonchev–Trinajstić information content (AvgIpc) is 2.43. The Kier molecular flexibility index (Phi) is 8.09. The van der Waals surface area contributed by atoms with E-state index in [1.165, 1.54) is 0 Å². The Labute approximate surface area is 130 Å². The maximum absolute atomic E-state index is 12.0. The number of ether oxygens (including phenoxy) is 2. The molecule has 0 radical (unpaired) electrons. The quantitative estimate of drug-likeness (QED) is 0.249. The molecule has 0 saturated heterocycles. The van der Waals surface area contributed by atoms with Crippen LogP contribution in [0, 0.1) is 11.8 Å². The molecule has 0 spiro atoms. The predicted octanol–water partition coefficient (Wildman–Crippen LogP) is -0.571. The first-order chi connectivity index (χ1) is 9.52. The predicted molar refractivity (Wildman–Crippen MR) is 68.2 cm³/mol. The molecule has 1 aliphatic rings. The zero-order chi connectivity index (χ0) is 15.0. The van der Waals surface area contributed by atoms with Crippen molar-refractivity contribution >= 4 is 11.9 Å². The van der Waals surface area contributed by atoms with E-state index in [1.54, 1.807) is 6.92 Å². The molecule has 0 aromatic rings. The van der Waals surface area contributed by atoms with E-state index in [4.69, 9.17) is 9.47 Å². The Hall–Kier alpha value is -0.660. The van der Waals surface area contributed by atoms with Gasteiger partial charge in [-0.3, -0.25) is 0 Å². The van der Waals surface area contributed by atoms with Crippen LogP contribution in [-0.4, -0.2) is 29.6 Å². The van der Waals surface area contributed by atoms with Crippen molar-refractivity contribution in [2.45, 2.75) is 32.6 Å². The summed E-state index contributed by atoms with van der Waals surface area (Å²) in [5.74, 6) is -0.0276. The zero-order valence-electron chi connectivity index (χ0n) is 11.7. The van der Waals surface area contributed by atoms with Crippen LogP contribution in [0.25, 0.3) is 0 Å². The topological polar surface area (TPSA) is 52.6 Å². The summed E-state index contributed by atoms with van der Waals surface area (Å²) < 4.78 is 22.2. The van der Waals surface area contributed by atoms with Crippen LogP contribution in [0.4, 0.5) is 2.86 Å². The maximum atomic E-state index is 12.0. The molecular formula is C14H21FIO4-. The molecular weight excluding hydrogens is 378 g/mol. The summed E-state index contributed by atoms with van der Waals surface area (Å²) in [7, 11) is 0. The van der Waals surface area contributed by atoms with Crippen molar-refractivity contribution in [1.29, 1.82) is 0 Å². The van der Waals surface area contributed by atoms with Crippen LogP contribution >= 0.6 is 0 Å². The summed E-state index contributed by atoms with van der Waals surface area (Å²) in [5.41, 5.74) is 0.418. The molecule has 0 bridgehead atoms. The van der Waals surface area contributed by atoms with Gasteiger partial charge in [0.2, 0.25) is 0 Å². The van der Waals surface area contributed by atoms with E-state index in [9.17, 15) is 12.4 Å². The second kappa shape index (κ2) is 9.31. The Balaban J connectivity index is 2.15. The van der Waals surface area contributed by atoms with Crippen LogP contribution in [0.5, 0.6) is 0 Å². The number of rotatable bonds is 7. The van der Waals surface area contributed by atoms with Gasteiger partial charge in [-0.05, 0) is 6.92 Å². The van der Waals surface area contributed by atoms with Crippen molar-refractivity contribution in [3.05, 3.63) is 12.2 Å². The molecule has 0 N–H and O–H groups in total. The summed E-state index contributed by atoms with van der Waals surface area (Å²) in [6, 6.07) is 0. The van der Waals surface area contributed by atoms with E-state index in [1.807, 2.05) is 0 Å². The normalized spacial score (nSPS) is 22.3. The molecule has 1 rings (SSSR count). The molecule has 0 amide bonds. The van der Waals surface area contributed by atoms with Gasteiger partial charge in [0.1, 0.15) is 0 Å². The van der Waals surface area contributed by atoms with Crippen LogP contribution in [0.1, 0.15) is 32.6 Å². The summed E-state index contributed by atoms with van der Waals surface area (Å²) in [6.07, 6.45) is 3.82. The number of carbonyl (C=O) groups is 2. The van der Waals surface area contributed by atoms with Crippen molar-refractivity contribution in [2.24, 2.45) is 11.8 Å². The van der Waals surface area contributed by atoms with Gasteiger partial charge in [0.25, 0.3) is 0 Å². The number of hydrogen-bond donors (Lipinski definition) is 0. The monoisotopic (exact) mass is 399 g/mol. The first-order valence-corrected chi connectivity index (χ1v) is 9.05. The van der Waals surface area contributed by atoms with Gasteiger partial charge in [-0.1, -0.05) is 6.58 Å². The number of halogens is 2. The summed E-state index contributed by atoms with van der Waals surface area (Å²) >= 11 is -1.52. The van der Waals surface area contributed by atoms with Gasteiger partial charge < -0.3 is 0 Å². The van der Waals surface area contributed by atoms with Gasteiger partial charge >= 0.3 is 116 Å².